The number of anilines is 1. The van der Waals surface area contributed by atoms with E-state index < -0.39 is 0 Å². The highest BCUT2D eigenvalue weighted by Gasteiger charge is 2.25. The fourth-order valence-corrected chi connectivity index (χ4v) is 2.70. The highest BCUT2D eigenvalue weighted by atomic mass is 19.1. The number of nitrogens with zero attached hydrogens (tertiary/aromatic N) is 1. The average molecular weight is 327 g/mol. The number of urea groups is 1. The van der Waals surface area contributed by atoms with Crippen LogP contribution >= 0.6 is 0 Å². The number of nitrogens with one attached hydrogen (secondary N) is 2. The van der Waals surface area contributed by atoms with Crippen LogP contribution in [-0.2, 0) is 11.3 Å². The Balaban J connectivity index is 1.63. The maximum Gasteiger partial charge on any atom is 0.322 e. The third-order valence-corrected chi connectivity index (χ3v) is 3.97. The van der Waals surface area contributed by atoms with E-state index in [0.717, 1.165) is 5.56 Å². The maximum absolute atomic E-state index is 13.3. The van der Waals surface area contributed by atoms with Crippen molar-refractivity contribution < 1.29 is 14.0 Å². The maximum atomic E-state index is 13.3. The summed E-state index contributed by atoms with van der Waals surface area (Å²) in [7, 11) is 0. The molecule has 0 unspecified atom stereocenters. The third-order valence-electron chi connectivity index (χ3n) is 3.97. The van der Waals surface area contributed by atoms with Crippen LogP contribution in [0.5, 0.6) is 0 Å². The van der Waals surface area contributed by atoms with E-state index >= 15 is 0 Å². The third kappa shape index (κ3) is 3.53. The van der Waals surface area contributed by atoms with Crippen LogP contribution in [-0.4, -0.2) is 23.4 Å². The van der Waals surface area contributed by atoms with E-state index in [9.17, 15) is 14.0 Å². The van der Waals surface area contributed by atoms with Gasteiger partial charge in [0.2, 0.25) is 5.91 Å². The molecule has 0 aromatic heterocycles. The first-order chi connectivity index (χ1) is 11.5. The summed E-state index contributed by atoms with van der Waals surface area (Å²) in [4.78, 5) is 25.6. The lowest BCUT2D eigenvalue weighted by Gasteiger charge is -2.29. The number of carbonyl (C=O) groups excluding carboxylic acids is 2. The Labute approximate surface area is 139 Å². The van der Waals surface area contributed by atoms with E-state index in [2.05, 4.69) is 10.6 Å². The summed E-state index contributed by atoms with van der Waals surface area (Å²) < 4.78 is 13.3. The van der Waals surface area contributed by atoms with Crippen LogP contribution in [0.1, 0.15) is 24.1 Å². The second-order valence-corrected chi connectivity index (χ2v) is 5.79. The number of carbonyl (C=O) groups is 2. The number of rotatable bonds is 4. The summed E-state index contributed by atoms with van der Waals surface area (Å²) in [5.41, 5.74) is 2.22. The lowest BCUT2D eigenvalue weighted by Crippen LogP contribution is -2.45. The van der Waals surface area contributed by atoms with Crippen molar-refractivity contribution in [2.75, 3.05) is 11.9 Å². The van der Waals surface area contributed by atoms with Crippen LogP contribution < -0.4 is 10.6 Å². The number of hydrogen-bond acceptors (Lipinski definition) is 2. The molecule has 124 valence electrons. The van der Waals surface area contributed by atoms with E-state index in [0.29, 0.717) is 11.3 Å². The molecule has 0 aliphatic carbocycles. The zero-order valence-corrected chi connectivity index (χ0v) is 13.3. The second kappa shape index (κ2) is 6.70. The molecule has 3 amide bonds. The van der Waals surface area contributed by atoms with E-state index in [4.69, 9.17) is 0 Å². The van der Waals surface area contributed by atoms with Gasteiger partial charge in [0.1, 0.15) is 12.4 Å². The van der Waals surface area contributed by atoms with Gasteiger partial charge in [-0.25, -0.2) is 9.18 Å². The Hall–Kier alpha value is -2.89. The van der Waals surface area contributed by atoms with Gasteiger partial charge in [0.05, 0.1) is 12.6 Å². The number of hydrogen-bond donors (Lipinski definition) is 2. The predicted octanol–water partition coefficient (Wildman–Crippen LogP) is 3.05. The normalized spacial score (nSPS) is 14.6. The van der Waals surface area contributed by atoms with Crippen LogP contribution in [0.25, 0.3) is 0 Å². The molecule has 3 rings (SSSR count). The van der Waals surface area contributed by atoms with Crippen LogP contribution in [0, 0.1) is 5.82 Å². The van der Waals surface area contributed by atoms with Crippen molar-refractivity contribution >= 4 is 17.6 Å². The predicted molar refractivity (Wildman–Crippen MR) is 88.8 cm³/mol. The minimum Gasteiger partial charge on any atom is -0.348 e. The molecule has 2 N–H and O–H groups in total. The van der Waals surface area contributed by atoms with Crippen molar-refractivity contribution in [3.05, 3.63) is 65.5 Å². The van der Waals surface area contributed by atoms with Crippen molar-refractivity contribution in [1.82, 2.24) is 10.2 Å². The summed E-state index contributed by atoms with van der Waals surface area (Å²) in [5.74, 6) is -0.631. The zero-order chi connectivity index (χ0) is 17.1. The fraction of sp³-hybridized carbons (Fsp3) is 0.222. The van der Waals surface area contributed by atoms with Gasteiger partial charge < -0.3 is 15.5 Å². The number of benzene rings is 2. The van der Waals surface area contributed by atoms with Crippen LogP contribution in [0.15, 0.2) is 48.5 Å². The summed E-state index contributed by atoms with van der Waals surface area (Å²) in [6.45, 7) is 2.00. The minimum atomic E-state index is -0.369. The van der Waals surface area contributed by atoms with Gasteiger partial charge in [0, 0.05) is 5.69 Å². The van der Waals surface area contributed by atoms with Crippen molar-refractivity contribution in [2.24, 2.45) is 0 Å². The van der Waals surface area contributed by atoms with Crippen molar-refractivity contribution in [1.29, 1.82) is 0 Å². The number of halogens is 1. The van der Waals surface area contributed by atoms with Crippen molar-refractivity contribution in [3.8, 4) is 0 Å². The minimum absolute atomic E-state index is 0.0844. The molecule has 0 saturated carbocycles. The molecule has 0 saturated heterocycles. The molecule has 5 nitrogen and oxygen atoms in total. The highest BCUT2D eigenvalue weighted by molar-refractivity contribution is 5.94. The smallest absolute Gasteiger partial charge is 0.322 e. The zero-order valence-electron chi connectivity index (χ0n) is 13.3. The highest BCUT2D eigenvalue weighted by Crippen LogP contribution is 2.23. The lowest BCUT2D eigenvalue weighted by molar-refractivity contribution is -0.122. The summed E-state index contributed by atoms with van der Waals surface area (Å²) in [6, 6.07) is 13.2. The molecule has 2 aromatic carbocycles. The lowest BCUT2D eigenvalue weighted by atomic mass is 10.1. The quantitative estimate of drug-likeness (QED) is 0.907. The molecular formula is C18H18FN3O2. The largest absolute Gasteiger partial charge is 0.348 e. The van der Waals surface area contributed by atoms with Crippen molar-refractivity contribution in [2.45, 2.75) is 19.5 Å². The molecule has 0 radical (unpaired) electrons. The molecule has 0 bridgehead atoms. The Bertz CT molecular complexity index is 764. The van der Waals surface area contributed by atoms with Crippen LogP contribution in [0.3, 0.4) is 0 Å². The molecule has 1 aliphatic heterocycles. The number of fused-ring (bicyclic) bond motifs is 1. The monoisotopic (exact) mass is 327 g/mol. The molecule has 2 aromatic rings. The first-order valence-electron chi connectivity index (χ1n) is 7.71. The Kier molecular flexibility index (Phi) is 4.46. The van der Waals surface area contributed by atoms with Gasteiger partial charge in [-0.3, -0.25) is 4.79 Å². The summed E-state index contributed by atoms with van der Waals surface area (Å²) in [6.07, 6.45) is 0. The SMILES string of the molecule is C[C@@H](NC(=O)CN1Cc2cc(F)ccc2NC1=O)c1ccccc1. The Morgan fingerprint density at radius 2 is 2.04 bits per heavy atom. The van der Waals surface area contributed by atoms with Gasteiger partial charge in [0.25, 0.3) is 0 Å². The molecule has 0 fully saturated rings. The fourth-order valence-electron chi connectivity index (χ4n) is 2.70. The molecule has 1 heterocycles. The van der Waals surface area contributed by atoms with Gasteiger partial charge in [-0.1, -0.05) is 30.3 Å². The van der Waals surface area contributed by atoms with Gasteiger partial charge >= 0.3 is 6.03 Å². The molecule has 1 aliphatic rings. The first kappa shape index (κ1) is 16.0. The second-order valence-electron chi connectivity index (χ2n) is 5.79. The van der Waals surface area contributed by atoms with Gasteiger partial charge in [0.15, 0.2) is 0 Å². The van der Waals surface area contributed by atoms with Crippen molar-refractivity contribution in [3.63, 3.8) is 0 Å². The first-order valence-corrected chi connectivity index (χ1v) is 7.71. The molecule has 24 heavy (non-hydrogen) atoms. The topological polar surface area (TPSA) is 61.4 Å². The van der Waals surface area contributed by atoms with Gasteiger partial charge in [-0.05, 0) is 36.2 Å². The van der Waals surface area contributed by atoms with E-state index in [1.54, 1.807) is 0 Å². The summed E-state index contributed by atoms with van der Waals surface area (Å²) in [5, 5.41) is 5.53. The summed E-state index contributed by atoms with van der Waals surface area (Å²) >= 11 is 0. The van der Waals surface area contributed by atoms with E-state index in [1.807, 2.05) is 37.3 Å². The van der Waals surface area contributed by atoms with E-state index in [1.165, 1.54) is 23.1 Å². The standard InChI is InChI=1S/C18H18FN3O2/c1-12(13-5-3-2-4-6-13)20-17(23)11-22-10-14-9-15(19)7-8-16(14)21-18(22)24/h2-9,12H,10-11H2,1H3,(H,20,23)(H,21,24)/t12-/m1/s1. The Morgan fingerprint density at radius 3 is 2.79 bits per heavy atom. The molecular weight excluding hydrogens is 309 g/mol. The van der Waals surface area contributed by atoms with E-state index in [-0.39, 0.29) is 36.9 Å². The molecule has 0 spiro atoms. The average Bonchev–Trinajstić information content (AvgIpc) is 2.56. The Morgan fingerprint density at radius 1 is 1.29 bits per heavy atom. The van der Waals surface area contributed by atoms with Gasteiger partial charge in [-0.2, -0.15) is 0 Å². The molecule has 1 atom stereocenters. The van der Waals surface area contributed by atoms with Gasteiger partial charge in [-0.15, -0.1) is 0 Å². The molecule has 6 heteroatoms. The van der Waals surface area contributed by atoms with Crippen LogP contribution in [0.4, 0.5) is 14.9 Å². The van der Waals surface area contributed by atoms with Crippen LogP contribution in [0.2, 0.25) is 0 Å². The number of amides is 3.